The molecule has 0 heterocycles. The molecule has 0 bridgehead atoms. The number of nitrogens with two attached hydrogens (primary N) is 2. The SMILES string of the molecule is C.CC1(N)C=CC(N)=CC1.Cl.Cl.O=S(=O)(O)O. The van der Waals surface area contributed by atoms with Crippen LogP contribution in [-0.2, 0) is 10.4 Å². The molecular weight excluding hydrogens is 291 g/mol. The normalized spacial score (nSPS) is 21.5. The molecule has 0 aromatic heterocycles. The van der Waals surface area contributed by atoms with Crippen molar-refractivity contribution in [2.24, 2.45) is 11.5 Å². The fourth-order valence-electron chi connectivity index (χ4n) is 0.760. The zero-order valence-corrected chi connectivity index (χ0v) is 11.0. The fraction of sp³-hybridized carbons (Fsp3) is 0.500. The van der Waals surface area contributed by atoms with Gasteiger partial charge in [0.15, 0.2) is 0 Å². The largest absolute Gasteiger partial charge is 0.399 e. The standard InChI is InChI=1S/C7H12N2.CH4.2ClH.H2O4S/c1-7(9)4-2-6(8)3-5-7;;;;1-5(2,3)4/h2-4H,5,8-9H2,1H3;1H4;2*1H;(H2,1,2,3,4). The lowest BCUT2D eigenvalue weighted by atomic mass is 9.94. The lowest BCUT2D eigenvalue weighted by Crippen LogP contribution is -2.34. The van der Waals surface area contributed by atoms with Gasteiger partial charge in [-0.3, -0.25) is 9.11 Å². The smallest absolute Gasteiger partial charge is 0.394 e. The second-order valence-corrected chi connectivity index (χ2v) is 4.09. The molecule has 0 aliphatic heterocycles. The molecule has 6 nitrogen and oxygen atoms in total. The molecule has 0 aromatic carbocycles. The Labute approximate surface area is 115 Å². The van der Waals surface area contributed by atoms with Crippen LogP contribution >= 0.6 is 24.8 Å². The van der Waals surface area contributed by atoms with Crippen molar-refractivity contribution in [1.82, 2.24) is 0 Å². The predicted molar refractivity (Wildman–Crippen MR) is 74.0 cm³/mol. The molecule has 1 aliphatic rings. The van der Waals surface area contributed by atoms with Crippen LogP contribution < -0.4 is 11.5 Å². The second-order valence-electron chi connectivity index (χ2n) is 3.20. The van der Waals surface area contributed by atoms with Gasteiger partial charge in [0.05, 0.1) is 0 Å². The van der Waals surface area contributed by atoms with Crippen LogP contribution in [0, 0.1) is 0 Å². The van der Waals surface area contributed by atoms with Gasteiger partial charge in [-0.2, -0.15) is 8.42 Å². The molecule has 0 fully saturated rings. The molecule has 0 radical (unpaired) electrons. The van der Waals surface area contributed by atoms with Crippen LogP contribution in [-0.4, -0.2) is 23.1 Å². The van der Waals surface area contributed by atoms with E-state index in [-0.39, 0.29) is 37.8 Å². The average Bonchev–Trinajstić information content (AvgIpc) is 1.92. The summed E-state index contributed by atoms with van der Waals surface area (Å²) in [6.45, 7) is 1.98. The van der Waals surface area contributed by atoms with Gasteiger partial charge in [0.1, 0.15) is 0 Å². The minimum Gasteiger partial charge on any atom is -0.399 e. The number of allylic oxidation sites excluding steroid dienone is 1. The summed E-state index contributed by atoms with van der Waals surface area (Å²) in [7, 11) is -4.67. The summed E-state index contributed by atoms with van der Waals surface area (Å²) in [6.07, 6.45) is 6.57. The third kappa shape index (κ3) is 21.5. The molecular formula is C8H20Cl2N2O4S. The van der Waals surface area contributed by atoms with Crippen LogP contribution in [0.3, 0.4) is 0 Å². The minimum atomic E-state index is -4.67. The molecule has 0 saturated carbocycles. The summed E-state index contributed by atoms with van der Waals surface area (Å²) in [6, 6.07) is 0. The Morgan fingerprint density at radius 2 is 1.71 bits per heavy atom. The molecule has 17 heavy (non-hydrogen) atoms. The number of rotatable bonds is 0. The third-order valence-electron chi connectivity index (χ3n) is 1.43. The molecule has 0 aromatic rings. The van der Waals surface area contributed by atoms with Gasteiger partial charge in [-0.15, -0.1) is 24.8 Å². The second kappa shape index (κ2) is 9.69. The topological polar surface area (TPSA) is 127 Å². The molecule has 9 heteroatoms. The van der Waals surface area contributed by atoms with E-state index in [9.17, 15) is 0 Å². The quantitative estimate of drug-likeness (QED) is 0.500. The highest BCUT2D eigenvalue weighted by Crippen LogP contribution is 2.14. The maximum atomic E-state index is 8.74. The average molecular weight is 311 g/mol. The van der Waals surface area contributed by atoms with Gasteiger partial charge in [-0.25, -0.2) is 0 Å². The van der Waals surface area contributed by atoms with Crippen molar-refractivity contribution in [3.8, 4) is 0 Å². The minimum absolute atomic E-state index is 0. The zero-order valence-electron chi connectivity index (χ0n) is 8.53. The summed E-state index contributed by atoms with van der Waals surface area (Å²) >= 11 is 0. The van der Waals surface area contributed by atoms with Crippen molar-refractivity contribution >= 4 is 35.2 Å². The molecule has 6 N–H and O–H groups in total. The van der Waals surface area contributed by atoms with Gasteiger partial charge in [-0.1, -0.05) is 19.6 Å². The number of hydrogen-bond donors (Lipinski definition) is 4. The monoisotopic (exact) mass is 310 g/mol. The van der Waals surface area contributed by atoms with Gasteiger partial charge in [-0.05, 0) is 19.4 Å². The number of halogens is 2. The molecule has 1 unspecified atom stereocenters. The fourth-order valence-corrected chi connectivity index (χ4v) is 0.760. The zero-order chi connectivity index (χ0) is 11.4. The van der Waals surface area contributed by atoms with Crippen molar-refractivity contribution in [3.05, 3.63) is 23.9 Å². The first kappa shape index (κ1) is 25.5. The van der Waals surface area contributed by atoms with Crippen LogP contribution in [0.4, 0.5) is 0 Å². The van der Waals surface area contributed by atoms with Crippen molar-refractivity contribution < 1.29 is 17.5 Å². The van der Waals surface area contributed by atoms with Crippen LogP contribution in [0.15, 0.2) is 23.9 Å². The van der Waals surface area contributed by atoms with E-state index in [1.165, 1.54) is 0 Å². The predicted octanol–water partition coefficient (Wildman–Crippen LogP) is 1.33. The third-order valence-corrected chi connectivity index (χ3v) is 1.43. The highest BCUT2D eigenvalue weighted by atomic mass is 35.5. The van der Waals surface area contributed by atoms with Gasteiger partial charge in [0, 0.05) is 11.2 Å². The van der Waals surface area contributed by atoms with Crippen LogP contribution in [0.1, 0.15) is 20.8 Å². The summed E-state index contributed by atoms with van der Waals surface area (Å²) in [5.74, 6) is 0. The Morgan fingerprint density at radius 1 is 1.35 bits per heavy atom. The molecule has 106 valence electrons. The lowest BCUT2D eigenvalue weighted by Gasteiger charge is -2.21. The Bertz CT molecular complexity index is 345. The van der Waals surface area contributed by atoms with Crippen molar-refractivity contribution in [2.75, 3.05) is 0 Å². The van der Waals surface area contributed by atoms with Crippen molar-refractivity contribution in [3.63, 3.8) is 0 Å². The first-order chi connectivity index (χ1) is 6.10. The van der Waals surface area contributed by atoms with Gasteiger partial charge < -0.3 is 11.5 Å². The Hall–Kier alpha value is -0.310. The maximum Gasteiger partial charge on any atom is 0.394 e. The molecule has 1 atom stereocenters. The highest BCUT2D eigenvalue weighted by molar-refractivity contribution is 7.79. The van der Waals surface area contributed by atoms with E-state index in [2.05, 4.69) is 0 Å². The first-order valence-electron chi connectivity index (χ1n) is 3.74. The van der Waals surface area contributed by atoms with Crippen molar-refractivity contribution in [2.45, 2.75) is 26.3 Å². The summed E-state index contributed by atoms with van der Waals surface area (Å²) < 4.78 is 31.6. The Balaban J connectivity index is -0.0000000948. The first-order valence-corrected chi connectivity index (χ1v) is 5.13. The van der Waals surface area contributed by atoms with Crippen LogP contribution in [0.25, 0.3) is 0 Å². The van der Waals surface area contributed by atoms with E-state index in [0.717, 1.165) is 12.1 Å². The summed E-state index contributed by atoms with van der Waals surface area (Å²) in [5.41, 5.74) is 11.9. The lowest BCUT2D eigenvalue weighted by molar-refractivity contribution is 0.381. The highest BCUT2D eigenvalue weighted by Gasteiger charge is 2.14. The van der Waals surface area contributed by atoms with Crippen LogP contribution in [0.2, 0.25) is 0 Å². The molecule has 1 aliphatic carbocycles. The molecule has 0 spiro atoms. The van der Waals surface area contributed by atoms with E-state index in [1.54, 1.807) is 0 Å². The van der Waals surface area contributed by atoms with E-state index in [4.69, 9.17) is 29.0 Å². The van der Waals surface area contributed by atoms with E-state index >= 15 is 0 Å². The van der Waals surface area contributed by atoms with Crippen LogP contribution in [0.5, 0.6) is 0 Å². The van der Waals surface area contributed by atoms with Crippen molar-refractivity contribution in [1.29, 1.82) is 0 Å². The molecule has 1 rings (SSSR count). The Morgan fingerprint density at radius 3 is 1.88 bits per heavy atom. The van der Waals surface area contributed by atoms with Gasteiger partial charge in [0.2, 0.25) is 0 Å². The molecule has 0 saturated heterocycles. The van der Waals surface area contributed by atoms with Gasteiger partial charge in [0.25, 0.3) is 0 Å². The van der Waals surface area contributed by atoms with E-state index in [1.807, 2.05) is 25.2 Å². The van der Waals surface area contributed by atoms with Gasteiger partial charge >= 0.3 is 10.4 Å². The maximum absolute atomic E-state index is 8.74. The molecule has 0 amide bonds. The summed E-state index contributed by atoms with van der Waals surface area (Å²) in [5, 5.41) is 0. The van der Waals surface area contributed by atoms with E-state index < -0.39 is 10.4 Å². The summed E-state index contributed by atoms with van der Waals surface area (Å²) in [4.78, 5) is 0. The Kier molecular flexibility index (Phi) is 14.5. The number of hydrogen-bond acceptors (Lipinski definition) is 4. The van der Waals surface area contributed by atoms with E-state index in [0.29, 0.717) is 0 Å².